The molecule has 0 spiro atoms. The number of phosphoric ester groups is 1. The van der Waals surface area contributed by atoms with Gasteiger partial charge in [0, 0.05) is 12.8 Å². The molecule has 14 heteroatoms. The van der Waals surface area contributed by atoms with Gasteiger partial charge in [-0.1, -0.05) is 142 Å². The molecule has 0 aliphatic heterocycles. The lowest BCUT2D eigenvalue weighted by Gasteiger charge is -2.41. The molecule has 13 nitrogen and oxygen atoms in total. The van der Waals surface area contributed by atoms with E-state index >= 15 is 0 Å². The molecule has 6 unspecified atom stereocenters. The number of esters is 2. The van der Waals surface area contributed by atoms with Crippen LogP contribution in [0.5, 0.6) is 0 Å². The number of carbonyl (C=O) groups excluding carboxylic acids is 2. The zero-order valence-electron chi connectivity index (χ0n) is 31.4. The van der Waals surface area contributed by atoms with Crippen LogP contribution in [0.15, 0.2) is 0 Å². The lowest BCUT2D eigenvalue weighted by atomic mass is 9.85. The Hall–Kier alpha value is -1.15. The van der Waals surface area contributed by atoms with Gasteiger partial charge in [0.2, 0.25) is 0 Å². The highest BCUT2D eigenvalue weighted by Gasteiger charge is 2.51. The highest BCUT2D eigenvalue weighted by Crippen LogP contribution is 2.47. The van der Waals surface area contributed by atoms with E-state index in [1.807, 2.05) is 0 Å². The van der Waals surface area contributed by atoms with Crippen molar-refractivity contribution >= 4 is 19.8 Å². The molecule has 1 aliphatic rings. The molecule has 0 bridgehead atoms. The van der Waals surface area contributed by atoms with Crippen LogP contribution in [0.25, 0.3) is 0 Å². The van der Waals surface area contributed by atoms with E-state index in [4.69, 9.17) is 18.5 Å². The van der Waals surface area contributed by atoms with Gasteiger partial charge in [-0.2, -0.15) is 0 Å². The van der Waals surface area contributed by atoms with Crippen molar-refractivity contribution < 1.29 is 63.1 Å². The predicted octanol–water partition coefficient (Wildman–Crippen LogP) is 6.16. The van der Waals surface area contributed by atoms with Crippen LogP contribution in [-0.2, 0) is 32.7 Å². The van der Waals surface area contributed by atoms with Crippen molar-refractivity contribution in [3.05, 3.63) is 0 Å². The number of phosphoric acid groups is 1. The van der Waals surface area contributed by atoms with Crippen molar-refractivity contribution in [3.63, 3.8) is 0 Å². The summed E-state index contributed by atoms with van der Waals surface area (Å²) in [5.41, 5.74) is 0. The van der Waals surface area contributed by atoms with E-state index in [2.05, 4.69) is 13.8 Å². The molecule has 0 heterocycles. The highest BCUT2D eigenvalue weighted by atomic mass is 31.2. The Morgan fingerprint density at radius 1 is 0.529 bits per heavy atom. The lowest BCUT2D eigenvalue weighted by molar-refractivity contribution is -0.220. The molecule has 1 rings (SSSR count). The molecule has 6 atom stereocenters. The summed E-state index contributed by atoms with van der Waals surface area (Å²) in [5, 5.41) is 49.9. The van der Waals surface area contributed by atoms with Crippen molar-refractivity contribution in [2.45, 2.75) is 211 Å². The van der Waals surface area contributed by atoms with Gasteiger partial charge in [0.15, 0.2) is 6.10 Å². The maximum atomic E-state index is 12.7. The van der Waals surface area contributed by atoms with Crippen molar-refractivity contribution in [1.29, 1.82) is 0 Å². The summed E-state index contributed by atoms with van der Waals surface area (Å²) in [5.74, 6) is -1.09. The zero-order valence-corrected chi connectivity index (χ0v) is 32.3. The number of unbranched alkanes of at least 4 members (excludes halogenated alkanes) is 20. The van der Waals surface area contributed by atoms with Crippen LogP contribution in [-0.4, -0.2) is 98.3 Å². The van der Waals surface area contributed by atoms with Gasteiger partial charge >= 0.3 is 19.8 Å². The Morgan fingerprint density at radius 3 is 1.29 bits per heavy atom. The van der Waals surface area contributed by atoms with Gasteiger partial charge in [-0.15, -0.1) is 0 Å². The minimum absolute atomic E-state index is 0.103. The second kappa shape index (κ2) is 29.2. The number of hydrogen-bond donors (Lipinski definition) is 6. The maximum Gasteiger partial charge on any atom is 0.472 e. The third-order valence-electron chi connectivity index (χ3n) is 9.45. The first-order valence-corrected chi connectivity index (χ1v) is 21.3. The first-order chi connectivity index (χ1) is 24.4. The van der Waals surface area contributed by atoms with Crippen LogP contribution < -0.4 is 0 Å². The van der Waals surface area contributed by atoms with E-state index in [0.29, 0.717) is 12.8 Å². The van der Waals surface area contributed by atoms with E-state index in [-0.39, 0.29) is 12.8 Å². The smallest absolute Gasteiger partial charge is 0.462 e. The first-order valence-electron chi connectivity index (χ1n) is 19.8. The van der Waals surface area contributed by atoms with Crippen LogP contribution in [0.2, 0.25) is 0 Å². The SMILES string of the molecule is CCCCCCCCCCCCCCC(=O)OC(COC(=O)CCCCCCCCCCCC)COP(=O)(O)OC1C(O)C(O)C(O)C(O)C1O. The Labute approximate surface area is 306 Å². The number of aliphatic hydroxyl groups excluding tert-OH is 5. The Morgan fingerprint density at radius 2 is 0.882 bits per heavy atom. The molecule has 1 saturated carbocycles. The van der Waals surface area contributed by atoms with Crippen molar-refractivity contribution in [2.75, 3.05) is 13.2 Å². The van der Waals surface area contributed by atoms with E-state index in [1.54, 1.807) is 0 Å². The quantitative estimate of drug-likeness (QED) is 0.0258. The van der Waals surface area contributed by atoms with Gasteiger partial charge in [0.25, 0.3) is 0 Å². The van der Waals surface area contributed by atoms with Gasteiger partial charge in [-0.05, 0) is 12.8 Å². The topological polar surface area (TPSA) is 210 Å². The van der Waals surface area contributed by atoms with Crippen molar-refractivity contribution in [3.8, 4) is 0 Å². The van der Waals surface area contributed by atoms with Crippen molar-refractivity contribution in [1.82, 2.24) is 0 Å². The third-order valence-corrected chi connectivity index (χ3v) is 10.4. The minimum atomic E-state index is -5.10. The summed E-state index contributed by atoms with van der Waals surface area (Å²) in [7, 11) is -5.10. The van der Waals surface area contributed by atoms with Crippen LogP contribution in [0.1, 0.15) is 168 Å². The number of ether oxygens (including phenoxy) is 2. The highest BCUT2D eigenvalue weighted by molar-refractivity contribution is 7.47. The number of aliphatic hydroxyl groups is 5. The largest absolute Gasteiger partial charge is 0.472 e. The fourth-order valence-electron chi connectivity index (χ4n) is 6.17. The fourth-order valence-corrected chi connectivity index (χ4v) is 7.14. The molecule has 0 aromatic rings. The molecule has 1 aliphatic carbocycles. The fraction of sp³-hybridized carbons (Fsp3) is 0.946. The number of hydrogen-bond acceptors (Lipinski definition) is 12. The van der Waals surface area contributed by atoms with E-state index < -0.39 is 75.7 Å². The third kappa shape index (κ3) is 22.6. The van der Waals surface area contributed by atoms with Gasteiger partial charge in [-0.3, -0.25) is 18.6 Å². The van der Waals surface area contributed by atoms with E-state index in [0.717, 1.165) is 38.5 Å². The second-order valence-electron chi connectivity index (χ2n) is 14.2. The standard InChI is InChI=1S/C37H71O13P/c1-3-5-7-9-11-13-15-16-18-20-22-24-26-31(39)49-29(27-47-30(38)25-23-21-19-17-14-12-10-8-6-4-2)28-48-51(45,46)50-37-35(43)33(41)32(40)34(42)36(37)44/h29,32-37,40-44H,3-28H2,1-2H3,(H,45,46). The monoisotopic (exact) mass is 754 g/mol. The van der Waals surface area contributed by atoms with Crippen LogP contribution in [0.3, 0.4) is 0 Å². The molecule has 0 aromatic heterocycles. The van der Waals surface area contributed by atoms with Crippen LogP contribution in [0.4, 0.5) is 0 Å². The summed E-state index contributed by atoms with van der Waals surface area (Å²) in [6.07, 6.45) is 11.8. The first kappa shape index (κ1) is 47.9. The molecular weight excluding hydrogens is 683 g/mol. The molecule has 6 N–H and O–H groups in total. The molecule has 0 aromatic carbocycles. The van der Waals surface area contributed by atoms with Gasteiger partial charge in [0.1, 0.15) is 43.2 Å². The molecule has 302 valence electrons. The van der Waals surface area contributed by atoms with Gasteiger partial charge in [0.05, 0.1) is 6.61 Å². The Balaban J connectivity index is 2.53. The summed E-state index contributed by atoms with van der Waals surface area (Å²) in [4.78, 5) is 35.4. The molecule has 1 fully saturated rings. The number of carbonyl (C=O) groups is 2. The average molecular weight is 755 g/mol. The molecular formula is C37H71O13P. The predicted molar refractivity (Wildman–Crippen MR) is 194 cm³/mol. The van der Waals surface area contributed by atoms with Crippen LogP contribution >= 0.6 is 7.82 Å². The minimum Gasteiger partial charge on any atom is -0.462 e. The van der Waals surface area contributed by atoms with E-state index in [1.165, 1.54) is 89.9 Å². The average Bonchev–Trinajstić information content (AvgIpc) is 3.10. The molecule has 0 radical (unpaired) electrons. The number of rotatable bonds is 32. The maximum absolute atomic E-state index is 12.7. The summed E-state index contributed by atoms with van der Waals surface area (Å²) in [6.45, 7) is 3.25. The Kier molecular flexibility index (Phi) is 27.4. The zero-order chi connectivity index (χ0) is 37.9. The lowest BCUT2D eigenvalue weighted by Crippen LogP contribution is -2.64. The van der Waals surface area contributed by atoms with Gasteiger partial charge < -0.3 is 39.9 Å². The van der Waals surface area contributed by atoms with Crippen LogP contribution in [0, 0.1) is 0 Å². The van der Waals surface area contributed by atoms with Crippen molar-refractivity contribution in [2.24, 2.45) is 0 Å². The molecule has 0 amide bonds. The van der Waals surface area contributed by atoms with Gasteiger partial charge in [-0.25, -0.2) is 4.57 Å². The molecule has 0 saturated heterocycles. The summed E-state index contributed by atoms with van der Waals surface area (Å²) in [6, 6.07) is 0. The normalized spacial score (nSPS) is 23.8. The summed E-state index contributed by atoms with van der Waals surface area (Å²) >= 11 is 0. The second-order valence-corrected chi connectivity index (χ2v) is 15.6. The van der Waals surface area contributed by atoms with E-state index in [9.17, 15) is 44.6 Å². The summed E-state index contributed by atoms with van der Waals surface area (Å²) < 4.78 is 33.3. The Bertz CT molecular complexity index is 922. The molecule has 51 heavy (non-hydrogen) atoms.